The van der Waals surface area contributed by atoms with Gasteiger partial charge in [0.05, 0.1) is 17.4 Å². The van der Waals surface area contributed by atoms with Gasteiger partial charge in [-0.05, 0) is 38.1 Å². The smallest absolute Gasteiger partial charge is 0.257 e. The van der Waals surface area contributed by atoms with Crippen molar-refractivity contribution in [3.63, 3.8) is 0 Å². The monoisotopic (exact) mass is 300 g/mol. The van der Waals surface area contributed by atoms with Gasteiger partial charge in [0.25, 0.3) is 5.91 Å². The second-order valence-electron chi connectivity index (χ2n) is 5.76. The van der Waals surface area contributed by atoms with Gasteiger partial charge in [-0.2, -0.15) is 0 Å². The molecule has 0 radical (unpaired) electrons. The van der Waals surface area contributed by atoms with Gasteiger partial charge in [0.2, 0.25) is 0 Å². The summed E-state index contributed by atoms with van der Waals surface area (Å²) in [6.07, 6.45) is 3.24. The van der Waals surface area contributed by atoms with Crippen molar-refractivity contribution in [2.45, 2.75) is 19.4 Å². The van der Waals surface area contributed by atoms with Gasteiger partial charge in [0.1, 0.15) is 11.5 Å². The van der Waals surface area contributed by atoms with Crippen molar-refractivity contribution in [1.29, 1.82) is 0 Å². The molecule has 5 nitrogen and oxygen atoms in total. The highest BCUT2D eigenvalue weighted by Crippen LogP contribution is 2.25. The third-order valence-electron chi connectivity index (χ3n) is 2.95. The maximum Gasteiger partial charge on any atom is 0.257 e. The quantitative estimate of drug-likeness (QED) is 0.922. The second-order valence-corrected chi connectivity index (χ2v) is 5.76. The minimum absolute atomic E-state index is 0.207. The first-order chi connectivity index (χ1) is 10.4. The lowest BCUT2D eigenvalue weighted by Crippen LogP contribution is -2.39. The molecule has 2 rings (SSSR count). The van der Waals surface area contributed by atoms with Crippen LogP contribution in [0.25, 0.3) is 0 Å². The number of amides is 1. The molecule has 2 aromatic rings. The Hall–Kier alpha value is -2.40. The SMILES string of the molecule is CN(CC(C)(C)O)C(=O)c1ccccc1Oc1cccnc1. The van der Waals surface area contributed by atoms with Crippen molar-refractivity contribution in [3.05, 3.63) is 54.4 Å². The maximum atomic E-state index is 12.6. The molecule has 0 saturated carbocycles. The highest BCUT2D eigenvalue weighted by Gasteiger charge is 2.22. The van der Waals surface area contributed by atoms with E-state index in [0.717, 1.165) is 0 Å². The van der Waals surface area contributed by atoms with Crippen LogP contribution in [-0.4, -0.2) is 40.1 Å². The van der Waals surface area contributed by atoms with Gasteiger partial charge in [0.15, 0.2) is 0 Å². The fourth-order valence-electron chi connectivity index (χ4n) is 2.12. The number of rotatable bonds is 5. The average molecular weight is 300 g/mol. The fourth-order valence-corrected chi connectivity index (χ4v) is 2.12. The molecular formula is C17H20N2O3. The van der Waals surface area contributed by atoms with Gasteiger partial charge in [-0.25, -0.2) is 0 Å². The number of benzene rings is 1. The van der Waals surface area contributed by atoms with E-state index < -0.39 is 5.60 Å². The predicted molar refractivity (Wildman–Crippen MR) is 84.0 cm³/mol. The maximum absolute atomic E-state index is 12.6. The molecule has 0 unspecified atom stereocenters. The number of hydrogen-bond donors (Lipinski definition) is 1. The van der Waals surface area contributed by atoms with Crippen LogP contribution in [0.15, 0.2) is 48.8 Å². The number of ether oxygens (including phenoxy) is 1. The van der Waals surface area contributed by atoms with Crippen LogP contribution in [0, 0.1) is 0 Å². The molecule has 116 valence electrons. The van der Waals surface area contributed by atoms with Crippen LogP contribution in [0.1, 0.15) is 24.2 Å². The van der Waals surface area contributed by atoms with E-state index in [0.29, 0.717) is 17.1 Å². The van der Waals surface area contributed by atoms with Gasteiger partial charge in [0, 0.05) is 19.8 Å². The predicted octanol–water partition coefficient (Wildman–Crippen LogP) is 2.72. The van der Waals surface area contributed by atoms with E-state index >= 15 is 0 Å². The zero-order chi connectivity index (χ0) is 16.2. The summed E-state index contributed by atoms with van der Waals surface area (Å²) < 4.78 is 5.74. The Kier molecular flexibility index (Phi) is 4.78. The molecule has 0 spiro atoms. The highest BCUT2D eigenvalue weighted by atomic mass is 16.5. The van der Waals surface area contributed by atoms with Gasteiger partial charge in [-0.3, -0.25) is 9.78 Å². The minimum Gasteiger partial charge on any atom is -0.455 e. The number of hydrogen-bond acceptors (Lipinski definition) is 4. The topological polar surface area (TPSA) is 62.7 Å². The molecule has 0 bridgehead atoms. The van der Waals surface area contributed by atoms with E-state index in [1.54, 1.807) is 69.7 Å². The van der Waals surface area contributed by atoms with Crippen LogP contribution in [0.4, 0.5) is 0 Å². The summed E-state index contributed by atoms with van der Waals surface area (Å²) in [6, 6.07) is 10.6. The van der Waals surface area contributed by atoms with Crippen LogP contribution in [0.2, 0.25) is 0 Å². The van der Waals surface area contributed by atoms with E-state index in [2.05, 4.69) is 4.98 Å². The standard InChI is InChI=1S/C17H20N2O3/c1-17(2,21)12-19(3)16(20)14-8-4-5-9-15(14)22-13-7-6-10-18-11-13/h4-11,21H,12H2,1-3H3. The number of nitrogens with zero attached hydrogens (tertiary/aromatic N) is 2. The lowest BCUT2D eigenvalue weighted by Gasteiger charge is -2.26. The van der Waals surface area contributed by atoms with Crippen molar-refractivity contribution in [1.82, 2.24) is 9.88 Å². The molecule has 0 atom stereocenters. The first kappa shape index (κ1) is 16.0. The number of para-hydroxylation sites is 1. The number of aliphatic hydroxyl groups is 1. The minimum atomic E-state index is -0.955. The highest BCUT2D eigenvalue weighted by molar-refractivity contribution is 5.96. The van der Waals surface area contributed by atoms with E-state index in [4.69, 9.17) is 4.74 Å². The number of pyridine rings is 1. The first-order valence-electron chi connectivity index (χ1n) is 7.01. The summed E-state index contributed by atoms with van der Waals surface area (Å²) in [5, 5.41) is 9.85. The van der Waals surface area contributed by atoms with E-state index in [-0.39, 0.29) is 12.5 Å². The first-order valence-corrected chi connectivity index (χ1v) is 7.01. The summed E-state index contributed by atoms with van der Waals surface area (Å²) >= 11 is 0. The van der Waals surface area contributed by atoms with Crippen LogP contribution in [0.3, 0.4) is 0 Å². The second kappa shape index (κ2) is 6.58. The summed E-state index contributed by atoms with van der Waals surface area (Å²) in [6.45, 7) is 3.55. The Morgan fingerprint density at radius 3 is 2.64 bits per heavy atom. The molecule has 0 aliphatic carbocycles. The zero-order valence-electron chi connectivity index (χ0n) is 13.0. The summed E-state index contributed by atoms with van der Waals surface area (Å²) in [7, 11) is 1.65. The van der Waals surface area contributed by atoms with Crippen LogP contribution in [-0.2, 0) is 0 Å². The number of carbonyl (C=O) groups excluding carboxylic acids is 1. The van der Waals surface area contributed by atoms with Crippen molar-refractivity contribution in [3.8, 4) is 11.5 Å². The molecular weight excluding hydrogens is 280 g/mol. The van der Waals surface area contributed by atoms with Crippen molar-refractivity contribution >= 4 is 5.91 Å². The van der Waals surface area contributed by atoms with Crippen LogP contribution < -0.4 is 4.74 Å². The molecule has 1 amide bonds. The van der Waals surface area contributed by atoms with Gasteiger partial charge in [-0.15, -0.1) is 0 Å². The average Bonchev–Trinajstić information content (AvgIpc) is 2.46. The zero-order valence-corrected chi connectivity index (χ0v) is 13.0. The molecule has 1 N–H and O–H groups in total. The molecule has 22 heavy (non-hydrogen) atoms. The Bertz CT molecular complexity index is 636. The van der Waals surface area contributed by atoms with Crippen molar-refractivity contribution < 1.29 is 14.6 Å². The third kappa shape index (κ3) is 4.30. The fraction of sp³-hybridized carbons (Fsp3) is 0.294. The van der Waals surface area contributed by atoms with Crippen molar-refractivity contribution in [2.75, 3.05) is 13.6 Å². The molecule has 1 aromatic heterocycles. The molecule has 0 aliphatic heterocycles. The molecule has 0 saturated heterocycles. The number of aromatic nitrogens is 1. The van der Waals surface area contributed by atoms with Crippen LogP contribution >= 0.6 is 0 Å². The van der Waals surface area contributed by atoms with E-state index in [1.165, 1.54) is 4.90 Å². The molecule has 1 heterocycles. The lowest BCUT2D eigenvalue weighted by atomic mass is 10.1. The van der Waals surface area contributed by atoms with Crippen molar-refractivity contribution in [2.24, 2.45) is 0 Å². The Balaban J connectivity index is 2.23. The largest absolute Gasteiger partial charge is 0.455 e. The summed E-state index contributed by atoms with van der Waals surface area (Å²) in [4.78, 5) is 18.0. The van der Waals surface area contributed by atoms with Gasteiger partial charge in [-0.1, -0.05) is 12.1 Å². The number of likely N-dealkylation sites (N-methyl/N-ethyl adjacent to an activating group) is 1. The van der Waals surface area contributed by atoms with Gasteiger partial charge < -0.3 is 14.7 Å². The molecule has 0 aliphatic rings. The summed E-state index contributed by atoms with van der Waals surface area (Å²) in [5.41, 5.74) is -0.512. The molecule has 1 aromatic carbocycles. The Morgan fingerprint density at radius 2 is 2.00 bits per heavy atom. The normalized spacial score (nSPS) is 11.1. The van der Waals surface area contributed by atoms with Crippen LogP contribution in [0.5, 0.6) is 11.5 Å². The number of carbonyl (C=O) groups is 1. The molecule has 5 heteroatoms. The Morgan fingerprint density at radius 1 is 1.27 bits per heavy atom. The Labute approximate surface area is 130 Å². The van der Waals surface area contributed by atoms with E-state index in [9.17, 15) is 9.90 Å². The van der Waals surface area contributed by atoms with Gasteiger partial charge >= 0.3 is 0 Å². The lowest BCUT2D eigenvalue weighted by molar-refractivity contribution is 0.0366. The molecule has 0 fully saturated rings. The summed E-state index contributed by atoms with van der Waals surface area (Å²) in [5.74, 6) is 0.817. The van der Waals surface area contributed by atoms with E-state index in [1.807, 2.05) is 0 Å². The third-order valence-corrected chi connectivity index (χ3v) is 2.95.